The molecule has 3 N–H and O–H groups in total. The fourth-order valence-corrected chi connectivity index (χ4v) is 2.09. The van der Waals surface area contributed by atoms with Crippen LogP contribution in [0.3, 0.4) is 0 Å². The molecule has 1 aliphatic heterocycles. The monoisotopic (exact) mass is 206 g/mol. The van der Waals surface area contributed by atoms with Gasteiger partial charge in [0.05, 0.1) is 0 Å². The highest BCUT2D eigenvalue weighted by molar-refractivity contribution is 5.66. The van der Waals surface area contributed by atoms with Gasteiger partial charge in [-0.2, -0.15) is 0 Å². The number of rotatable bonds is 1. The minimum Gasteiger partial charge on any atom is -0.465 e. The summed E-state index contributed by atoms with van der Waals surface area (Å²) in [6.07, 6.45) is -0.0748. The first-order valence-electron chi connectivity index (χ1n) is 4.96. The largest absolute Gasteiger partial charge is 0.465 e. The molecule has 1 heterocycles. The lowest BCUT2D eigenvalue weighted by Gasteiger charge is -2.36. The lowest BCUT2D eigenvalue weighted by atomic mass is 9.90. The smallest absolute Gasteiger partial charge is 0.406 e. The normalized spacial score (nSPS) is 24.3. The summed E-state index contributed by atoms with van der Waals surface area (Å²) >= 11 is 0. The van der Waals surface area contributed by atoms with E-state index in [1.165, 1.54) is 5.56 Å². The molecule has 0 aromatic heterocycles. The predicted molar refractivity (Wildman–Crippen MR) is 56.7 cm³/mol. The van der Waals surface area contributed by atoms with E-state index >= 15 is 0 Å². The highest BCUT2D eigenvalue weighted by atomic mass is 16.4. The third-order valence-electron chi connectivity index (χ3n) is 2.79. The molecule has 0 aliphatic carbocycles. The summed E-state index contributed by atoms with van der Waals surface area (Å²) in [5.41, 5.74) is 1.55. The van der Waals surface area contributed by atoms with Gasteiger partial charge in [0.1, 0.15) is 5.66 Å². The van der Waals surface area contributed by atoms with E-state index in [1.807, 2.05) is 31.2 Å². The van der Waals surface area contributed by atoms with Crippen LogP contribution in [0.4, 0.5) is 4.79 Å². The molecule has 1 amide bonds. The molecule has 0 saturated heterocycles. The first kappa shape index (κ1) is 9.98. The van der Waals surface area contributed by atoms with Gasteiger partial charge in [0, 0.05) is 6.54 Å². The van der Waals surface area contributed by atoms with Crippen LogP contribution >= 0.6 is 0 Å². The van der Waals surface area contributed by atoms with E-state index in [4.69, 9.17) is 5.11 Å². The molecular formula is C11H14N2O2. The van der Waals surface area contributed by atoms with E-state index in [0.717, 1.165) is 18.5 Å². The minimum atomic E-state index is -1.01. The number of carboxylic acid groups (broad SMARTS) is 1. The van der Waals surface area contributed by atoms with E-state index in [9.17, 15) is 4.79 Å². The maximum Gasteiger partial charge on any atom is 0.406 e. The molecule has 0 bridgehead atoms. The van der Waals surface area contributed by atoms with Gasteiger partial charge in [-0.3, -0.25) is 10.6 Å². The predicted octanol–water partition coefficient (Wildman–Crippen LogP) is 1.27. The molecule has 1 unspecified atom stereocenters. The van der Waals surface area contributed by atoms with Crippen molar-refractivity contribution in [3.63, 3.8) is 0 Å². The Morgan fingerprint density at radius 3 is 3.00 bits per heavy atom. The average Bonchev–Trinajstić information content (AvgIpc) is 2.17. The molecule has 4 nitrogen and oxygen atoms in total. The zero-order valence-corrected chi connectivity index (χ0v) is 8.58. The van der Waals surface area contributed by atoms with Crippen molar-refractivity contribution in [2.45, 2.75) is 19.0 Å². The highest BCUT2D eigenvalue weighted by Gasteiger charge is 2.32. The Kier molecular flexibility index (Phi) is 2.36. The minimum absolute atomic E-state index is 0.666. The van der Waals surface area contributed by atoms with Crippen molar-refractivity contribution in [3.8, 4) is 0 Å². The lowest BCUT2D eigenvalue weighted by Crippen LogP contribution is -2.56. The number of fused-ring (bicyclic) bond motifs is 1. The Hall–Kier alpha value is -1.55. The summed E-state index contributed by atoms with van der Waals surface area (Å²) in [5.74, 6) is 0. The van der Waals surface area contributed by atoms with Crippen LogP contribution in [0.15, 0.2) is 24.3 Å². The molecule has 1 atom stereocenters. The molecule has 0 radical (unpaired) electrons. The van der Waals surface area contributed by atoms with Crippen molar-refractivity contribution in [2.24, 2.45) is 0 Å². The summed E-state index contributed by atoms with van der Waals surface area (Å²) < 4.78 is 0. The maximum absolute atomic E-state index is 10.7. The molecule has 1 aliphatic rings. The van der Waals surface area contributed by atoms with E-state index in [-0.39, 0.29) is 0 Å². The van der Waals surface area contributed by atoms with Gasteiger partial charge in [0.15, 0.2) is 0 Å². The number of amides is 1. The Bertz CT molecular complexity index is 392. The Labute approximate surface area is 88.3 Å². The van der Waals surface area contributed by atoms with Gasteiger partial charge >= 0.3 is 6.09 Å². The topological polar surface area (TPSA) is 61.4 Å². The van der Waals surface area contributed by atoms with Gasteiger partial charge in [-0.05, 0) is 24.5 Å². The second-order valence-electron chi connectivity index (χ2n) is 3.89. The number of hydrogen-bond donors (Lipinski definition) is 3. The first-order chi connectivity index (χ1) is 7.12. The fourth-order valence-electron chi connectivity index (χ4n) is 2.09. The zero-order chi connectivity index (χ0) is 10.9. The van der Waals surface area contributed by atoms with Crippen molar-refractivity contribution < 1.29 is 9.90 Å². The van der Waals surface area contributed by atoms with Crippen LogP contribution in [-0.2, 0) is 12.1 Å². The number of nitrogens with one attached hydrogen (secondary N) is 2. The van der Waals surface area contributed by atoms with E-state index in [2.05, 4.69) is 10.6 Å². The molecular weight excluding hydrogens is 192 g/mol. The van der Waals surface area contributed by atoms with Crippen LogP contribution in [0, 0.1) is 0 Å². The molecule has 4 heteroatoms. The molecule has 15 heavy (non-hydrogen) atoms. The van der Waals surface area contributed by atoms with Gasteiger partial charge in [-0.1, -0.05) is 24.3 Å². The standard InChI is InChI=1S/C11H14N2O2/c1-11(13-10(14)15)9-5-3-2-4-8(9)6-7-12-11/h2-5,12-13H,6-7H2,1H3,(H,14,15). The van der Waals surface area contributed by atoms with Crippen LogP contribution in [-0.4, -0.2) is 17.7 Å². The van der Waals surface area contributed by atoms with E-state index in [0.29, 0.717) is 0 Å². The molecule has 80 valence electrons. The van der Waals surface area contributed by atoms with Gasteiger partial charge in [-0.15, -0.1) is 0 Å². The molecule has 0 fully saturated rings. The fraction of sp³-hybridized carbons (Fsp3) is 0.364. The van der Waals surface area contributed by atoms with Crippen molar-refractivity contribution in [3.05, 3.63) is 35.4 Å². The van der Waals surface area contributed by atoms with Crippen LogP contribution in [0.1, 0.15) is 18.1 Å². The van der Waals surface area contributed by atoms with E-state index < -0.39 is 11.8 Å². The molecule has 1 aromatic carbocycles. The summed E-state index contributed by atoms with van der Waals surface area (Å²) in [6, 6.07) is 7.90. The second kappa shape index (κ2) is 3.55. The van der Waals surface area contributed by atoms with Crippen LogP contribution in [0.25, 0.3) is 0 Å². The third kappa shape index (κ3) is 1.80. The SMILES string of the molecule is CC1(NC(=O)O)NCCc2ccccc21. The van der Waals surface area contributed by atoms with Crippen molar-refractivity contribution in [2.75, 3.05) is 6.54 Å². The van der Waals surface area contributed by atoms with Gasteiger partial charge in [0.25, 0.3) is 0 Å². The lowest BCUT2D eigenvalue weighted by molar-refractivity contribution is 0.169. The van der Waals surface area contributed by atoms with Gasteiger partial charge < -0.3 is 5.11 Å². The second-order valence-corrected chi connectivity index (χ2v) is 3.89. The maximum atomic E-state index is 10.7. The van der Waals surface area contributed by atoms with Crippen LogP contribution in [0.5, 0.6) is 0 Å². The first-order valence-corrected chi connectivity index (χ1v) is 4.96. The summed E-state index contributed by atoms with van der Waals surface area (Å²) in [6.45, 7) is 2.63. The third-order valence-corrected chi connectivity index (χ3v) is 2.79. The quantitative estimate of drug-likeness (QED) is 0.648. The number of benzene rings is 1. The van der Waals surface area contributed by atoms with Gasteiger partial charge in [0.2, 0.25) is 0 Å². The Balaban J connectivity index is 2.40. The number of hydrogen-bond acceptors (Lipinski definition) is 2. The summed E-state index contributed by atoms with van der Waals surface area (Å²) in [4.78, 5) is 10.7. The van der Waals surface area contributed by atoms with Crippen molar-refractivity contribution in [1.29, 1.82) is 0 Å². The van der Waals surface area contributed by atoms with Gasteiger partial charge in [-0.25, -0.2) is 4.79 Å². The molecule has 2 rings (SSSR count). The summed E-state index contributed by atoms with van der Waals surface area (Å²) in [7, 11) is 0. The summed E-state index contributed by atoms with van der Waals surface area (Å²) in [5, 5.41) is 14.5. The highest BCUT2D eigenvalue weighted by Crippen LogP contribution is 2.25. The zero-order valence-electron chi connectivity index (χ0n) is 8.58. The van der Waals surface area contributed by atoms with Crippen molar-refractivity contribution in [1.82, 2.24) is 10.6 Å². The Morgan fingerprint density at radius 1 is 1.53 bits per heavy atom. The van der Waals surface area contributed by atoms with Crippen molar-refractivity contribution >= 4 is 6.09 Å². The molecule has 0 saturated carbocycles. The average molecular weight is 206 g/mol. The Morgan fingerprint density at radius 2 is 2.27 bits per heavy atom. The number of carbonyl (C=O) groups is 1. The molecule has 0 spiro atoms. The van der Waals surface area contributed by atoms with Crippen LogP contribution < -0.4 is 10.6 Å². The molecule has 1 aromatic rings. The van der Waals surface area contributed by atoms with E-state index in [1.54, 1.807) is 0 Å². The van der Waals surface area contributed by atoms with Crippen LogP contribution in [0.2, 0.25) is 0 Å².